The van der Waals surface area contributed by atoms with Crippen molar-refractivity contribution in [2.45, 2.75) is 0 Å². The van der Waals surface area contributed by atoms with Crippen molar-refractivity contribution in [1.82, 2.24) is 24.6 Å². The number of ether oxygens (including phenoxy) is 1. The maximum Gasteiger partial charge on any atom is 0.224 e. The van der Waals surface area contributed by atoms with E-state index in [4.69, 9.17) is 4.74 Å². The predicted molar refractivity (Wildman–Crippen MR) is 79.8 cm³/mol. The molecule has 1 aliphatic rings. The van der Waals surface area contributed by atoms with Crippen LogP contribution in [0.1, 0.15) is 0 Å². The summed E-state index contributed by atoms with van der Waals surface area (Å²) in [6.07, 6.45) is 1.79. The first-order valence-corrected chi connectivity index (χ1v) is 7.42. The van der Waals surface area contributed by atoms with Crippen molar-refractivity contribution in [3.63, 3.8) is 0 Å². The molecule has 0 aliphatic carbocycles. The number of aryl methyl sites for hydroxylation is 1. The number of hydrogen-bond donors (Lipinski definition) is 1. The van der Waals surface area contributed by atoms with E-state index >= 15 is 0 Å². The van der Waals surface area contributed by atoms with Crippen LogP contribution in [0.4, 0.5) is 5.95 Å². The Kier molecular flexibility index (Phi) is 4.13. The van der Waals surface area contributed by atoms with Crippen molar-refractivity contribution in [3.8, 4) is 0 Å². The van der Waals surface area contributed by atoms with Crippen LogP contribution in [0, 0.1) is 0 Å². The molecule has 0 bridgehead atoms. The fourth-order valence-corrected chi connectivity index (χ4v) is 2.75. The molecule has 0 spiro atoms. The Morgan fingerprint density at radius 1 is 1.40 bits per heavy atom. The van der Waals surface area contributed by atoms with E-state index in [1.165, 1.54) is 0 Å². The van der Waals surface area contributed by atoms with Crippen molar-refractivity contribution in [1.29, 1.82) is 0 Å². The van der Waals surface area contributed by atoms with E-state index in [1.54, 1.807) is 10.9 Å². The van der Waals surface area contributed by atoms with Gasteiger partial charge in [0.25, 0.3) is 0 Å². The smallest absolute Gasteiger partial charge is 0.224 e. The Labute approximate surface area is 125 Å². The molecule has 108 valence electrons. The first kappa shape index (κ1) is 13.7. The molecule has 0 saturated carbocycles. The maximum atomic E-state index is 5.33. The number of rotatable bonds is 4. The number of halogens is 1. The highest BCUT2D eigenvalue weighted by Crippen LogP contribution is 2.20. The topological polar surface area (TPSA) is 68.1 Å². The molecular weight excluding hydrogens is 324 g/mol. The van der Waals surface area contributed by atoms with Crippen LogP contribution >= 0.6 is 15.9 Å². The standard InChI is InChI=1S/C12H17BrN6O/c1-18-11-9(10(13)17-18)8-15-12(16-11)14-2-3-19-4-6-20-7-5-19/h8H,2-7H2,1H3,(H,14,15,16). The molecular formula is C12H17BrN6O. The number of nitrogens with zero attached hydrogens (tertiary/aromatic N) is 5. The summed E-state index contributed by atoms with van der Waals surface area (Å²) in [6.45, 7) is 5.44. The molecule has 2 aromatic heterocycles. The van der Waals surface area contributed by atoms with E-state index in [-0.39, 0.29) is 0 Å². The first-order valence-electron chi connectivity index (χ1n) is 6.63. The molecule has 3 rings (SSSR count). The quantitative estimate of drug-likeness (QED) is 0.890. The molecule has 3 heterocycles. The second kappa shape index (κ2) is 6.02. The molecule has 2 aromatic rings. The summed E-state index contributed by atoms with van der Waals surface area (Å²) in [5.74, 6) is 0.640. The number of nitrogens with one attached hydrogen (secondary N) is 1. The number of aromatic nitrogens is 4. The molecule has 1 aliphatic heterocycles. The van der Waals surface area contributed by atoms with Gasteiger partial charge in [-0.25, -0.2) is 9.67 Å². The third kappa shape index (κ3) is 2.92. The van der Waals surface area contributed by atoms with Gasteiger partial charge in [-0.2, -0.15) is 10.1 Å². The van der Waals surface area contributed by atoms with Gasteiger partial charge in [-0.3, -0.25) is 4.90 Å². The van der Waals surface area contributed by atoms with Gasteiger partial charge in [0.15, 0.2) is 5.65 Å². The highest BCUT2D eigenvalue weighted by atomic mass is 79.9. The third-order valence-electron chi connectivity index (χ3n) is 3.35. The van der Waals surface area contributed by atoms with Gasteiger partial charge in [0, 0.05) is 39.4 Å². The van der Waals surface area contributed by atoms with E-state index < -0.39 is 0 Å². The zero-order valence-electron chi connectivity index (χ0n) is 11.3. The fraction of sp³-hybridized carbons (Fsp3) is 0.583. The average Bonchev–Trinajstić information content (AvgIpc) is 2.75. The summed E-state index contributed by atoms with van der Waals surface area (Å²) in [5.41, 5.74) is 0.820. The van der Waals surface area contributed by atoms with E-state index in [9.17, 15) is 0 Å². The Morgan fingerprint density at radius 3 is 3.00 bits per heavy atom. The monoisotopic (exact) mass is 340 g/mol. The number of morpholine rings is 1. The molecule has 1 saturated heterocycles. The minimum Gasteiger partial charge on any atom is -0.379 e. The summed E-state index contributed by atoms with van der Waals surface area (Å²) in [5, 5.41) is 8.45. The number of fused-ring (bicyclic) bond motifs is 1. The van der Waals surface area contributed by atoms with Crippen molar-refractivity contribution in [2.24, 2.45) is 7.05 Å². The van der Waals surface area contributed by atoms with Crippen molar-refractivity contribution < 1.29 is 4.74 Å². The van der Waals surface area contributed by atoms with E-state index in [0.717, 1.165) is 55.0 Å². The van der Waals surface area contributed by atoms with E-state index in [2.05, 4.69) is 41.2 Å². The zero-order chi connectivity index (χ0) is 13.9. The van der Waals surface area contributed by atoms with Crippen LogP contribution in [-0.4, -0.2) is 64.0 Å². The third-order valence-corrected chi connectivity index (χ3v) is 3.94. The summed E-state index contributed by atoms with van der Waals surface area (Å²) < 4.78 is 7.84. The lowest BCUT2D eigenvalue weighted by Gasteiger charge is -2.26. The summed E-state index contributed by atoms with van der Waals surface area (Å²) in [6, 6.07) is 0. The fourth-order valence-electron chi connectivity index (χ4n) is 2.23. The number of hydrogen-bond acceptors (Lipinski definition) is 6. The summed E-state index contributed by atoms with van der Waals surface area (Å²) in [7, 11) is 1.87. The predicted octanol–water partition coefficient (Wildman–Crippen LogP) is 0.870. The van der Waals surface area contributed by atoms with Crippen LogP contribution in [0.3, 0.4) is 0 Å². The molecule has 0 atom stereocenters. The largest absolute Gasteiger partial charge is 0.379 e. The Bertz CT molecular complexity index is 595. The van der Waals surface area contributed by atoms with Crippen LogP contribution in [0.15, 0.2) is 10.8 Å². The normalized spacial score (nSPS) is 16.7. The highest BCUT2D eigenvalue weighted by molar-refractivity contribution is 9.10. The van der Waals surface area contributed by atoms with Gasteiger partial charge in [0.1, 0.15) is 4.60 Å². The molecule has 0 unspecified atom stereocenters. The molecule has 7 nitrogen and oxygen atoms in total. The molecule has 20 heavy (non-hydrogen) atoms. The van der Waals surface area contributed by atoms with E-state index in [1.807, 2.05) is 7.05 Å². The van der Waals surface area contributed by atoms with E-state index in [0.29, 0.717) is 5.95 Å². The van der Waals surface area contributed by atoms with Crippen LogP contribution in [0.5, 0.6) is 0 Å². The van der Waals surface area contributed by atoms with Crippen LogP contribution in [-0.2, 0) is 11.8 Å². The maximum absolute atomic E-state index is 5.33. The second-order valence-corrected chi connectivity index (χ2v) is 5.48. The zero-order valence-corrected chi connectivity index (χ0v) is 12.9. The molecule has 1 fully saturated rings. The summed E-state index contributed by atoms with van der Waals surface area (Å²) >= 11 is 3.40. The minimum atomic E-state index is 0.640. The van der Waals surface area contributed by atoms with Gasteiger partial charge < -0.3 is 10.1 Å². The van der Waals surface area contributed by atoms with Gasteiger partial charge in [-0.1, -0.05) is 0 Å². The van der Waals surface area contributed by atoms with Crippen LogP contribution < -0.4 is 5.32 Å². The first-order chi connectivity index (χ1) is 9.74. The van der Waals surface area contributed by atoms with Gasteiger partial charge in [-0.15, -0.1) is 0 Å². The minimum absolute atomic E-state index is 0.640. The SMILES string of the molecule is Cn1nc(Br)c2cnc(NCCN3CCOCC3)nc21. The lowest BCUT2D eigenvalue weighted by molar-refractivity contribution is 0.0398. The van der Waals surface area contributed by atoms with Gasteiger partial charge in [0.05, 0.1) is 18.6 Å². The van der Waals surface area contributed by atoms with Gasteiger partial charge in [0.2, 0.25) is 5.95 Å². The lowest BCUT2D eigenvalue weighted by Crippen LogP contribution is -2.39. The van der Waals surface area contributed by atoms with Crippen molar-refractivity contribution >= 4 is 32.9 Å². The average molecular weight is 341 g/mol. The molecule has 0 aromatic carbocycles. The van der Waals surface area contributed by atoms with Crippen LogP contribution in [0.25, 0.3) is 11.0 Å². The van der Waals surface area contributed by atoms with Crippen molar-refractivity contribution in [3.05, 3.63) is 10.8 Å². The Morgan fingerprint density at radius 2 is 2.20 bits per heavy atom. The highest BCUT2D eigenvalue weighted by Gasteiger charge is 2.11. The lowest BCUT2D eigenvalue weighted by atomic mass is 10.4. The molecule has 0 amide bonds. The molecule has 0 radical (unpaired) electrons. The summed E-state index contributed by atoms with van der Waals surface area (Å²) in [4.78, 5) is 11.2. The molecule has 1 N–H and O–H groups in total. The Balaban J connectivity index is 1.61. The van der Waals surface area contributed by atoms with Crippen molar-refractivity contribution in [2.75, 3.05) is 44.7 Å². The van der Waals surface area contributed by atoms with Gasteiger partial charge >= 0.3 is 0 Å². The van der Waals surface area contributed by atoms with Crippen LogP contribution in [0.2, 0.25) is 0 Å². The van der Waals surface area contributed by atoms with Gasteiger partial charge in [-0.05, 0) is 15.9 Å². The second-order valence-electron chi connectivity index (χ2n) is 4.73. The molecule has 8 heteroatoms. The Hall–Kier alpha value is -1.25. The number of anilines is 1.